The van der Waals surface area contributed by atoms with E-state index in [2.05, 4.69) is 82.8 Å². The molecule has 1 N–H and O–H groups in total. The highest BCUT2D eigenvalue weighted by atomic mass is 14.9. The number of aryl methyl sites for hydroxylation is 1. The van der Waals surface area contributed by atoms with Gasteiger partial charge < -0.3 is 4.98 Å². The molecule has 4 aromatic rings. The van der Waals surface area contributed by atoms with Crippen LogP contribution >= 0.6 is 0 Å². The Hall–Kier alpha value is -3.13. The summed E-state index contributed by atoms with van der Waals surface area (Å²) in [6.45, 7) is 0. The Morgan fingerprint density at radius 3 is 2.25 bits per heavy atom. The minimum absolute atomic E-state index is 0.795. The third-order valence-corrected chi connectivity index (χ3v) is 5.94. The molecule has 5 rings (SSSR count). The van der Waals surface area contributed by atoms with E-state index in [4.69, 9.17) is 0 Å². The normalized spacial score (nSPS) is 13.6. The average Bonchev–Trinajstić information content (AvgIpc) is 3.42. The highest BCUT2D eigenvalue weighted by Gasteiger charge is 2.20. The van der Waals surface area contributed by atoms with E-state index in [0.29, 0.717) is 0 Å². The van der Waals surface area contributed by atoms with Crippen LogP contribution in [-0.4, -0.2) is 9.97 Å². The summed E-state index contributed by atoms with van der Waals surface area (Å²) in [7, 11) is 0. The number of rotatable bonds is 5. The van der Waals surface area contributed by atoms with Gasteiger partial charge in [-0.15, -0.1) is 0 Å². The number of nitrogens with one attached hydrogen (secondary N) is 1. The molecular formula is C26H24N2. The van der Waals surface area contributed by atoms with Gasteiger partial charge >= 0.3 is 0 Å². The topological polar surface area (TPSA) is 28.7 Å². The maximum absolute atomic E-state index is 4.12. The summed E-state index contributed by atoms with van der Waals surface area (Å²) in [6, 6.07) is 26.6. The Bertz CT molecular complexity index is 1040. The molecule has 0 spiro atoms. The second-order valence-electron chi connectivity index (χ2n) is 7.82. The maximum atomic E-state index is 4.12. The molecule has 0 unspecified atom stereocenters. The molecule has 2 nitrogen and oxygen atoms in total. The van der Waals surface area contributed by atoms with Crippen molar-refractivity contribution in [1.82, 2.24) is 9.97 Å². The molecule has 0 bridgehead atoms. The average molecular weight is 364 g/mol. The van der Waals surface area contributed by atoms with Crippen molar-refractivity contribution in [2.24, 2.45) is 5.92 Å². The van der Waals surface area contributed by atoms with Crippen LogP contribution in [-0.2, 0) is 19.3 Å². The summed E-state index contributed by atoms with van der Waals surface area (Å²) in [5.41, 5.74) is 9.27. The number of benzene rings is 3. The minimum Gasteiger partial charge on any atom is -0.345 e. The van der Waals surface area contributed by atoms with Gasteiger partial charge in [0.1, 0.15) is 0 Å². The van der Waals surface area contributed by atoms with Gasteiger partial charge in [-0.1, -0.05) is 66.7 Å². The largest absolute Gasteiger partial charge is 0.345 e. The first-order chi connectivity index (χ1) is 13.8. The lowest BCUT2D eigenvalue weighted by Crippen LogP contribution is -2.01. The fourth-order valence-electron chi connectivity index (χ4n) is 4.37. The Morgan fingerprint density at radius 2 is 1.54 bits per heavy atom. The number of aromatic nitrogens is 2. The summed E-state index contributed by atoms with van der Waals surface area (Å²) < 4.78 is 0. The van der Waals surface area contributed by atoms with Crippen LogP contribution in [0.3, 0.4) is 0 Å². The van der Waals surface area contributed by atoms with E-state index in [1.165, 1.54) is 41.5 Å². The molecule has 0 aliphatic heterocycles. The first kappa shape index (κ1) is 17.0. The zero-order chi connectivity index (χ0) is 18.8. The lowest BCUT2D eigenvalue weighted by atomic mass is 9.95. The highest BCUT2D eigenvalue weighted by Crippen LogP contribution is 2.30. The number of H-pyrrole nitrogens is 1. The lowest BCUT2D eigenvalue weighted by molar-refractivity contribution is 0.514. The van der Waals surface area contributed by atoms with Crippen LogP contribution in [0.1, 0.15) is 23.1 Å². The van der Waals surface area contributed by atoms with Crippen molar-refractivity contribution in [3.8, 4) is 22.4 Å². The van der Waals surface area contributed by atoms with Crippen molar-refractivity contribution in [3.63, 3.8) is 0 Å². The molecule has 1 aliphatic carbocycles. The number of hydrogen-bond acceptors (Lipinski definition) is 1. The van der Waals surface area contributed by atoms with Gasteiger partial charge in [0.15, 0.2) is 0 Å². The molecule has 28 heavy (non-hydrogen) atoms. The van der Waals surface area contributed by atoms with Gasteiger partial charge in [0, 0.05) is 5.56 Å². The summed E-state index contributed by atoms with van der Waals surface area (Å²) in [6.07, 6.45) is 8.50. The van der Waals surface area contributed by atoms with E-state index in [0.717, 1.165) is 18.0 Å². The lowest BCUT2D eigenvalue weighted by Gasteiger charge is -2.10. The zero-order valence-electron chi connectivity index (χ0n) is 15.9. The molecule has 3 aromatic carbocycles. The predicted octanol–water partition coefficient (Wildman–Crippen LogP) is 6.09. The molecule has 138 valence electrons. The van der Waals surface area contributed by atoms with Gasteiger partial charge in [0.25, 0.3) is 0 Å². The van der Waals surface area contributed by atoms with Crippen molar-refractivity contribution in [1.29, 1.82) is 0 Å². The number of imidazole rings is 1. The molecule has 0 fully saturated rings. The Labute approximate surface area is 166 Å². The van der Waals surface area contributed by atoms with Gasteiger partial charge in [-0.25, -0.2) is 4.98 Å². The van der Waals surface area contributed by atoms with Gasteiger partial charge in [0.2, 0.25) is 0 Å². The molecule has 1 heterocycles. The SMILES string of the molecule is c1cc(-c2ccc(CCC3Cc4ccccc4C3)cc2)cc(-c2cnc[nH]2)c1. The van der Waals surface area contributed by atoms with Crippen LogP contribution in [0, 0.1) is 5.92 Å². The fourth-order valence-corrected chi connectivity index (χ4v) is 4.37. The van der Waals surface area contributed by atoms with E-state index in [1.54, 1.807) is 17.5 Å². The van der Waals surface area contributed by atoms with Crippen LogP contribution in [0.2, 0.25) is 0 Å². The van der Waals surface area contributed by atoms with Crippen molar-refractivity contribution in [3.05, 3.63) is 102 Å². The van der Waals surface area contributed by atoms with Gasteiger partial charge in [-0.2, -0.15) is 0 Å². The highest BCUT2D eigenvalue weighted by molar-refractivity contribution is 5.71. The van der Waals surface area contributed by atoms with Crippen molar-refractivity contribution in [2.75, 3.05) is 0 Å². The summed E-state index contributed by atoms with van der Waals surface area (Å²) >= 11 is 0. The molecule has 0 radical (unpaired) electrons. The number of aromatic amines is 1. The molecular weight excluding hydrogens is 340 g/mol. The Balaban J connectivity index is 1.25. The Kier molecular flexibility index (Phi) is 4.54. The molecule has 0 saturated carbocycles. The third-order valence-electron chi connectivity index (χ3n) is 5.94. The number of fused-ring (bicyclic) bond motifs is 1. The van der Waals surface area contributed by atoms with Gasteiger partial charge in [-0.05, 0) is 65.5 Å². The number of nitrogens with zero attached hydrogens (tertiary/aromatic N) is 1. The fraction of sp³-hybridized carbons (Fsp3) is 0.192. The first-order valence-electron chi connectivity index (χ1n) is 10.1. The van der Waals surface area contributed by atoms with E-state index in [1.807, 2.05) is 6.20 Å². The van der Waals surface area contributed by atoms with Crippen molar-refractivity contribution < 1.29 is 0 Å². The van der Waals surface area contributed by atoms with Gasteiger partial charge in [-0.3, -0.25) is 0 Å². The summed E-state index contributed by atoms with van der Waals surface area (Å²) in [4.78, 5) is 7.30. The minimum atomic E-state index is 0.795. The van der Waals surface area contributed by atoms with Crippen molar-refractivity contribution >= 4 is 0 Å². The molecule has 0 saturated heterocycles. The molecule has 0 atom stereocenters. The van der Waals surface area contributed by atoms with E-state index in [-0.39, 0.29) is 0 Å². The van der Waals surface area contributed by atoms with Gasteiger partial charge in [0.05, 0.1) is 18.2 Å². The second kappa shape index (κ2) is 7.47. The van der Waals surface area contributed by atoms with Crippen LogP contribution in [0.15, 0.2) is 85.3 Å². The van der Waals surface area contributed by atoms with Crippen LogP contribution in [0.5, 0.6) is 0 Å². The maximum Gasteiger partial charge on any atom is 0.0924 e. The summed E-state index contributed by atoms with van der Waals surface area (Å²) in [5, 5.41) is 0. The van der Waals surface area contributed by atoms with E-state index in [9.17, 15) is 0 Å². The van der Waals surface area contributed by atoms with Crippen LogP contribution in [0.25, 0.3) is 22.4 Å². The molecule has 2 heteroatoms. The number of hydrogen-bond donors (Lipinski definition) is 1. The quantitative estimate of drug-likeness (QED) is 0.456. The smallest absolute Gasteiger partial charge is 0.0924 e. The zero-order valence-corrected chi connectivity index (χ0v) is 15.9. The van der Waals surface area contributed by atoms with Crippen molar-refractivity contribution in [2.45, 2.75) is 25.7 Å². The molecule has 1 aliphatic rings. The van der Waals surface area contributed by atoms with E-state index < -0.39 is 0 Å². The van der Waals surface area contributed by atoms with Crippen LogP contribution < -0.4 is 0 Å². The monoisotopic (exact) mass is 364 g/mol. The standard InChI is InChI=1S/C26H24N2/c1-2-5-23-15-20(14-22(23)4-1)9-8-19-10-12-21(13-11-19)24-6-3-7-25(16-24)26-17-27-18-28-26/h1-7,10-13,16-18,20H,8-9,14-15H2,(H,27,28). The predicted molar refractivity (Wildman–Crippen MR) is 115 cm³/mol. The van der Waals surface area contributed by atoms with Crippen LogP contribution in [0.4, 0.5) is 0 Å². The van der Waals surface area contributed by atoms with E-state index >= 15 is 0 Å². The molecule has 1 aromatic heterocycles. The first-order valence-corrected chi connectivity index (χ1v) is 10.1. The summed E-state index contributed by atoms with van der Waals surface area (Å²) in [5.74, 6) is 0.795. The Morgan fingerprint density at radius 1 is 0.786 bits per heavy atom. The second-order valence-corrected chi connectivity index (χ2v) is 7.82. The molecule has 0 amide bonds. The third kappa shape index (κ3) is 3.50.